The zero-order valence-electron chi connectivity index (χ0n) is 10.6. The van der Waals surface area contributed by atoms with Gasteiger partial charge in [0.1, 0.15) is 6.04 Å². The number of aliphatic carboxylic acids is 1. The van der Waals surface area contributed by atoms with E-state index in [-0.39, 0.29) is 0 Å². The van der Waals surface area contributed by atoms with Gasteiger partial charge in [0.2, 0.25) is 0 Å². The molecule has 0 saturated carbocycles. The molecule has 1 atom stereocenters. The van der Waals surface area contributed by atoms with Crippen LogP contribution in [0.3, 0.4) is 0 Å². The third kappa shape index (κ3) is 3.49. The Morgan fingerprint density at radius 2 is 1.74 bits per heavy atom. The Bertz CT molecular complexity index is 460. The minimum Gasteiger partial charge on any atom is -0.480 e. The quantitative estimate of drug-likeness (QED) is 0.860. The van der Waals surface area contributed by atoms with Gasteiger partial charge < -0.3 is 10.4 Å². The van der Waals surface area contributed by atoms with Crippen LogP contribution in [0.4, 0.5) is 8.78 Å². The molecule has 104 valence electrons. The Labute approximate surface area is 109 Å². The predicted octanol–water partition coefficient (Wildman–Crippen LogP) is 2.00. The summed E-state index contributed by atoms with van der Waals surface area (Å²) in [6.07, 6.45) is 0. The van der Waals surface area contributed by atoms with Crippen LogP contribution in [0.25, 0.3) is 0 Å². The van der Waals surface area contributed by atoms with E-state index < -0.39 is 35.3 Å². The molecule has 2 N–H and O–H groups in total. The first kappa shape index (κ1) is 15.1. The van der Waals surface area contributed by atoms with Crippen LogP contribution in [0.15, 0.2) is 30.3 Å². The SMILES string of the molecule is CC(C)[C@H](NC(=O)C(F)(F)c1ccccc1)C(=O)O. The molecule has 0 saturated heterocycles. The summed E-state index contributed by atoms with van der Waals surface area (Å²) in [6.45, 7) is 3.06. The van der Waals surface area contributed by atoms with Crippen LogP contribution in [-0.4, -0.2) is 23.0 Å². The molecule has 0 unspecified atom stereocenters. The van der Waals surface area contributed by atoms with E-state index >= 15 is 0 Å². The van der Waals surface area contributed by atoms with Crippen LogP contribution in [0.5, 0.6) is 0 Å². The van der Waals surface area contributed by atoms with Gasteiger partial charge in [-0.15, -0.1) is 0 Å². The molecular formula is C13H15F2NO3. The molecule has 0 radical (unpaired) electrons. The van der Waals surface area contributed by atoms with Gasteiger partial charge in [-0.1, -0.05) is 44.2 Å². The van der Waals surface area contributed by atoms with Crippen LogP contribution < -0.4 is 5.32 Å². The largest absolute Gasteiger partial charge is 0.480 e. The maximum atomic E-state index is 13.8. The Balaban J connectivity index is 2.91. The molecular weight excluding hydrogens is 256 g/mol. The van der Waals surface area contributed by atoms with Crippen LogP contribution in [0.1, 0.15) is 19.4 Å². The molecule has 0 aliphatic rings. The lowest BCUT2D eigenvalue weighted by Gasteiger charge is -2.22. The number of carboxylic acid groups (broad SMARTS) is 1. The molecule has 0 heterocycles. The number of alkyl halides is 2. The third-order valence-corrected chi connectivity index (χ3v) is 2.64. The number of carboxylic acids is 1. The van der Waals surface area contributed by atoms with Gasteiger partial charge in [0, 0.05) is 5.56 Å². The van der Waals surface area contributed by atoms with E-state index in [0.29, 0.717) is 0 Å². The Hall–Kier alpha value is -1.98. The molecule has 1 aromatic carbocycles. The minimum absolute atomic E-state index is 0.472. The molecule has 19 heavy (non-hydrogen) atoms. The molecule has 0 bridgehead atoms. The molecule has 0 spiro atoms. The first-order chi connectivity index (χ1) is 8.76. The molecule has 4 nitrogen and oxygen atoms in total. The number of halogens is 2. The van der Waals surface area contributed by atoms with Crippen molar-refractivity contribution in [2.45, 2.75) is 25.8 Å². The summed E-state index contributed by atoms with van der Waals surface area (Å²) < 4.78 is 27.7. The number of nitrogens with one attached hydrogen (secondary N) is 1. The highest BCUT2D eigenvalue weighted by Crippen LogP contribution is 2.28. The number of rotatable bonds is 5. The number of amides is 1. The van der Waals surface area contributed by atoms with E-state index in [4.69, 9.17) is 5.11 Å². The monoisotopic (exact) mass is 271 g/mol. The highest BCUT2D eigenvalue weighted by Gasteiger charge is 2.42. The van der Waals surface area contributed by atoms with Crippen LogP contribution >= 0.6 is 0 Å². The van der Waals surface area contributed by atoms with Gasteiger partial charge in [0.05, 0.1) is 0 Å². The van der Waals surface area contributed by atoms with E-state index in [0.717, 1.165) is 12.1 Å². The third-order valence-electron chi connectivity index (χ3n) is 2.64. The number of hydrogen-bond acceptors (Lipinski definition) is 2. The lowest BCUT2D eigenvalue weighted by atomic mass is 10.0. The second-order valence-corrected chi connectivity index (χ2v) is 4.47. The Morgan fingerprint density at radius 1 is 1.21 bits per heavy atom. The summed E-state index contributed by atoms with van der Waals surface area (Å²) in [7, 11) is 0. The maximum absolute atomic E-state index is 13.8. The van der Waals surface area contributed by atoms with Crippen molar-refractivity contribution in [2.75, 3.05) is 0 Å². The minimum atomic E-state index is -3.76. The molecule has 0 fully saturated rings. The van der Waals surface area contributed by atoms with Crippen LogP contribution in [0, 0.1) is 5.92 Å². The fourth-order valence-corrected chi connectivity index (χ4v) is 1.52. The molecule has 0 aromatic heterocycles. The topological polar surface area (TPSA) is 66.4 Å². The zero-order valence-corrected chi connectivity index (χ0v) is 10.6. The normalized spacial score (nSPS) is 13.1. The van der Waals surface area contributed by atoms with Gasteiger partial charge in [-0.05, 0) is 5.92 Å². The van der Waals surface area contributed by atoms with E-state index in [1.165, 1.54) is 26.0 Å². The number of carbonyl (C=O) groups is 2. The van der Waals surface area contributed by atoms with Crippen molar-refractivity contribution in [2.24, 2.45) is 5.92 Å². The smallest absolute Gasteiger partial charge is 0.349 e. The number of carbonyl (C=O) groups excluding carboxylic acids is 1. The van der Waals surface area contributed by atoms with Gasteiger partial charge in [-0.3, -0.25) is 4.79 Å². The maximum Gasteiger partial charge on any atom is 0.349 e. The van der Waals surface area contributed by atoms with E-state index in [9.17, 15) is 18.4 Å². The second-order valence-electron chi connectivity index (χ2n) is 4.47. The van der Waals surface area contributed by atoms with Gasteiger partial charge >= 0.3 is 11.9 Å². The highest BCUT2D eigenvalue weighted by atomic mass is 19.3. The first-order valence-corrected chi connectivity index (χ1v) is 5.74. The van der Waals surface area contributed by atoms with Crippen molar-refractivity contribution in [3.05, 3.63) is 35.9 Å². The molecule has 6 heteroatoms. The summed E-state index contributed by atoms with van der Waals surface area (Å²) in [5.41, 5.74) is -0.472. The fourth-order valence-electron chi connectivity index (χ4n) is 1.52. The summed E-state index contributed by atoms with van der Waals surface area (Å²) >= 11 is 0. The Kier molecular flexibility index (Phi) is 4.58. The summed E-state index contributed by atoms with van der Waals surface area (Å²) in [5, 5.41) is 10.7. The van der Waals surface area contributed by atoms with Crippen molar-refractivity contribution in [3.63, 3.8) is 0 Å². The van der Waals surface area contributed by atoms with Crippen LogP contribution in [0.2, 0.25) is 0 Å². The number of hydrogen-bond donors (Lipinski definition) is 2. The van der Waals surface area contributed by atoms with E-state index in [2.05, 4.69) is 0 Å². The van der Waals surface area contributed by atoms with Crippen molar-refractivity contribution < 1.29 is 23.5 Å². The molecule has 1 amide bonds. The summed E-state index contributed by atoms with van der Waals surface area (Å²) in [6, 6.07) is 5.20. The molecule has 0 aliphatic heterocycles. The fraction of sp³-hybridized carbons (Fsp3) is 0.385. The summed E-state index contributed by atoms with van der Waals surface area (Å²) in [4.78, 5) is 22.4. The van der Waals surface area contributed by atoms with Crippen molar-refractivity contribution >= 4 is 11.9 Å². The summed E-state index contributed by atoms with van der Waals surface area (Å²) in [5.74, 6) is -7.20. The Morgan fingerprint density at radius 3 is 2.16 bits per heavy atom. The van der Waals surface area contributed by atoms with E-state index in [1.807, 2.05) is 5.32 Å². The zero-order chi connectivity index (χ0) is 14.6. The van der Waals surface area contributed by atoms with Gasteiger partial charge in [-0.25, -0.2) is 4.79 Å². The van der Waals surface area contributed by atoms with Crippen molar-refractivity contribution in [3.8, 4) is 0 Å². The second kappa shape index (κ2) is 5.77. The lowest BCUT2D eigenvalue weighted by molar-refractivity contribution is -0.153. The average molecular weight is 271 g/mol. The lowest BCUT2D eigenvalue weighted by Crippen LogP contribution is -2.49. The molecule has 1 rings (SSSR count). The van der Waals surface area contributed by atoms with Crippen molar-refractivity contribution in [1.82, 2.24) is 5.32 Å². The van der Waals surface area contributed by atoms with E-state index in [1.54, 1.807) is 6.07 Å². The first-order valence-electron chi connectivity index (χ1n) is 5.74. The predicted molar refractivity (Wildman–Crippen MR) is 64.7 cm³/mol. The van der Waals surface area contributed by atoms with Crippen molar-refractivity contribution in [1.29, 1.82) is 0 Å². The average Bonchev–Trinajstić information content (AvgIpc) is 2.35. The molecule has 1 aromatic rings. The standard InChI is InChI=1S/C13H15F2NO3/c1-8(2)10(11(17)18)16-12(19)13(14,15)9-6-4-3-5-7-9/h3-8,10H,1-2H3,(H,16,19)(H,17,18)/t10-/m0/s1. The van der Waals surface area contributed by atoms with Gasteiger partial charge in [0.25, 0.3) is 5.91 Å². The highest BCUT2D eigenvalue weighted by molar-refractivity contribution is 5.89. The number of benzene rings is 1. The molecule has 0 aliphatic carbocycles. The van der Waals surface area contributed by atoms with Crippen LogP contribution in [-0.2, 0) is 15.5 Å². The van der Waals surface area contributed by atoms with Gasteiger partial charge in [0.15, 0.2) is 0 Å². The van der Waals surface area contributed by atoms with Gasteiger partial charge in [-0.2, -0.15) is 8.78 Å².